The molecule has 12 heteroatoms. The van der Waals surface area contributed by atoms with Gasteiger partial charge in [-0.3, -0.25) is 14.4 Å². The summed E-state index contributed by atoms with van der Waals surface area (Å²) in [4.78, 5) is 40.5. The van der Waals surface area contributed by atoms with E-state index >= 15 is 0 Å². The lowest BCUT2D eigenvalue weighted by Crippen LogP contribution is -2.56. The largest absolute Gasteiger partial charge is 0.512 e. The van der Waals surface area contributed by atoms with E-state index in [1.165, 1.54) is 25.2 Å². The van der Waals surface area contributed by atoms with E-state index in [9.17, 15) is 33.4 Å². The first-order valence-corrected chi connectivity index (χ1v) is 12.7. The van der Waals surface area contributed by atoms with Crippen molar-refractivity contribution in [1.82, 2.24) is 15.5 Å². The zero-order valence-electron chi connectivity index (χ0n) is 20.9. The number of carbonyl (C=O) groups is 3. The Morgan fingerprint density at radius 2 is 1.87 bits per heavy atom. The molecule has 2 aromatic rings. The molecule has 204 valence electrons. The molecule has 5 N–H and O–H groups in total. The molecule has 9 nitrogen and oxygen atoms in total. The maximum Gasteiger partial charge on any atom is 0.267 e. The summed E-state index contributed by atoms with van der Waals surface area (Å²) in [6.45, 7) is 1.54. The third kappa shape index (κ3) is 7.23. The Morgan fingerprint density at radius 1 is 1.18 bits per heavy atom. The van der Waals surface area contributed by atoms with Gasteiger partial charge in [-0.25, -0.2) is 8.78 Å². The highest BCUT2D eigenvalue weighted by Crippen LogP contribution is 2.33. The minimum Gasteiger partial charge on any atom is -0.512 e. The van der Waals surface area contributed by atoms with E-state index in [2.05, 4.69) is 10.6 Å². The van der Waals surface area contributed by atoms with E-state index in [0.29, 0.717) is 10.5 Å². The lowest BCUT2D eigenvalue weighted by Gasteiger charge is -2.30. The van der Waals surface area contributed by atoms with Crippen LogP contribution < -0.4 is 10.6 Å². The molecule has 2 heterocycles. The molecule has 0 saturated carbocycles. The molecule has 1 aromatic heterocycles. The molecule has 0 bridgehead atoms. The van der Waals surface area contributed by atoms with E-state index in [1.807, 2.05) is 0 Å². The molecule has 38 heavy (non-hydrogen) atoms. The summed E-state index contributed by atoms with van der Waals surface area (Å²) in [7, 11) is 0. The van der Waals surface area contributed by atoms with Crippen LogP contribution >= 0.6 is 11.3 Å². The van der Waals surface area contributed by atoms with Crippen LogP contribution in [0, 0.1) is 5.41 Å². The van der Waals surface area contributed by atoms with Gasteiger partial charge in [-0.2, -0.15) is 0 Å². The van der Waals surface area contributed by atoms with Gasteiger partial charge in [0.25, 0.3) is 17.7 Å². The number of allylic oxidation sites excluding steroid dienone is 1. The first-order valence-electron chi connectivity index (χ1n) is 11.9. The minimum absolute atomic E-state index is 0.0617. The molecule has 1 saturated heterocycles. The standard InChI is InChI=1S/C26H30F2N4O5S/c1-15(29)21(16(2)33)24(36)31-19(11-17-7-4-3-5-8-17)22(34)25(37)32-14-26(27,28)12-20(32)23(35)30-13-18-9-6-10-38-18/h3-10,19-20,22,29,33-34H,11-14H2,1-2H3,(H,30,35)(H,31,36)/b21-16+,29-15?/t19-,20-,22-/m0/s1. The number of carbonyl (C=O) groups excluding carboxylic acids is 3. The highest BCUT2D eigenvalue weighted by atomic mass is 32.1. The lowest BCUT2D eigenvalue weighted by atomic mass is 9.98. The number of halogens is 2. The number of likely N-dealkylation sites (tertiary alicyclic amines) is 1. The molecule has 1 aliphatic heterocycles. The van der Waals surface area contributed by atoms with Crippen molar-refractivity contribution in [2.24, 2.45) is 0 Å². The number of hydrogen-bond acceptors (Lipinski definition) is 7. The summed E-state index contributed by atoms with van der Waals surface area (Å²) in [6, 6.07) is 9.28. The summed E-state index contributed by atoms with van der Waals surface area (Å²) in [5, 5.41) is 35.5. The predicted octanol–water partition coefficient (Wildman–Crippen LogP) is 2.56. The molecule has 3 rings (SSSR count). The smallest absolute Gasteiger partial charge is 0.267 e. The number of benzene rings is 1. The molecule has 0 radical (unpaired) electrons. The molecule has 0 unspecified atom stereocenters. The third-order valence-corrected chi connectivity index (χ3v) is 6.96. The maximum absolute atomic E-state index is 14.4. The molecular formula is C26H30F2N4O5S. The molecule has 1 aliphatic rings. The van der Waals surface area contributed by atoms with Crippen LogP contribution in [0.25, 0.3) is 0 Å². The fourth-order valence-corrected chi connectivity index (χ4v) is 4.93. The lowest BCUT2D eigenvalue weighted by molar-refractivity contribution is -0.147. The van der Waals surface area contributed by atoms with E-state index in [-0.39, 0.29) is 24.3 Å². The Morgan fingerprint density at radius 3 is 2.45 bits per heavy atom. The second kappa shape index (κ2) is 12.3. The average Bonchev–Trinajstić information content (AvgIpc) is 3.48. The van der Waals surface area contributed by atoms with Gasteiger partial charge in [0.2, 0.25) is 5.91 Å². The molecule has 0 aliphatic carbocycles. The molecule has 3 amide bonds. The first-order chi connectivity index (χ1) is 17.9. The monoisotopic (exact) mass is 548 g/mol. The summed E-state index contributed by atoms with van der Waals surface area (Å²) in [5.41, 5.74) is 0.0316. The number of aliphatic hydroxyl groups is 2. The van der Waals surface area contributed by atoms with Crippen LogP contribution in [0.4, 0.5) is 8.78 Å². The highest BCUT2D eigenvalue weighted by molar-refractivity contribution is 7.09. The van der Waals surface area contributed by atoms with Crippen molar-refractivity contribution in [2.75, 3.05) is 6.54 Å². The van der Waals surface area contributed by atoms with Gasteiger partial charge in [0, 0.05) is 17.0 Å². The van der Waals surface area contributed by atoms with Crippen molar-refractivity contribution in [3.63, 3.8) is 0 Å². The number of amides is 3. The predicted molar refractivity (Wildman–Crippen MR) is 138 cm³/mol. The number of nitrogens with one attached hydrogen (secondary N) is 3. The Bertz CT molecular complexity index is 1200. The van der Waals surface area contributed by atoms with Crippen LogP contribution in [0.1, 0.15) is 30.7 Å². The SMILES string of the molecule is CC(=N)/C(C(=O)N[C@@H](Cc1ccccc1)[C@H](O)C(=O)N1CC(F)(F)C[C@H]1C(=O)NCc1cccs1)=C(/C)O. The normalized spacial score (nSPS) is 18.8. The topological polar surface area (TPSA) is 143 Å². The number of aliphatic hydroxyl groups excluding tert-OH is 2. The average molecular weight is 549 g/mol. The molecular weight excluding hydrogens is 518 g/mol. The van der Waals surface area contributed by atoms with Gasteiger partial charge in [0.1, 0.15) is 11.8 Å². The zero-order chi connectivity index (χ0) is 28.0. The quantitative estimate of drug-likeness (QED) is 0.176. The Balaban J connectivity index is 1.84. The zero-order valence-corrected chi connectivity index (χ0v) is 21.7. The van der Waals surface area contributed by atoms with E-state index < -0.39 is 60.6 Å². The van der Waals surface area contributed by atoms with E-state index in [4.69, 9.17) is 5.41 Å². The van der Waals surface area contributed by atoms with Crippen molar-refractivity contribution >= 4 is 34.8 Å². The Hall–Kier alpha value is -3.64. The fourth-order valence-electron chi connectivity index (χ4n) is 4.29. The highest BCUT2D eigenvalue weighted by Gasteiger charge is 2.51. The van der Waals surface area contributed by atoms with Crippen molar-refractivity contribution in [1.29, 1.82) is 5.41 Å². The summed E-state index contributed by atoms with van der Waals surface area (Å²) < 4.78 is 28.8. The van der Waals surface area contributed by atoms with Gasteiger partial charge in [0.05, 0.1) is 24.7 Å². The number of alkyl halides is 2. The van der Waals surface area contributed by atoms with Gasteiger partial charge < -0.3 is 31.2 Å². The minimum atomic E-state index is -3.35. The second-order valence-electron chi connectivity index (χ2n) is 9.14. The van der Waals surface area contributed by atoms with Crippen molar-refractivity contribution in [3.8, 4) is 0 Å². The van der Waals surface area contributed by atoms with Crippen LogP contribution in [0.3, 0.4) is 0 Å². The van der Waals surface area contributed by atoms with Gasteiger partial charge in [0.15, 0.2) is 6.10 Å². The number of thiophene rings is 1. The first kappa shape index (κ1) is 28.9. The van der Waals surface area contributed by atoms with E-state index in [1.54, 1.807) is 47.8 Å². The third-order valence-electron chi connectivity index (χ3n) is 6.09. The maximum atomic E-state index is 14.4. The van der Waals surface area contributed by atoms with Gasteiger partial charge in [-0.1, -0.05) is 36.4 Å². The number of nitrogens with zero attached hydrogens (tertiary/aromatic N) is 1. The summed E-state index contributed by atoms with van der Waals surface area (Å²) in [5.74, 6) is -6.62. The molecule has 0 spiro atoms. The summed E-state index contributed by atoms with van der Waals surface area (Å²) >= 11 is 1.38. The van der Waals surface area contributed by atoms with E-state index in [0.717, 1.165) is 4.88 Å². The fraction of sp³-hybridized carbons (Fsp3) is 0.385. The summed E-state index contributed by atoms with van der Waals surface area (Å²) in [6.07, 6.45) is -2.96. The van der Waals surface area contributed by atoms with Crippen molar-refractivity contribution in [2.45, 2.75) is 57.3 Å². The Labute approximate surface area is 222 Å². The number of hydrogen-bond donors (Lipinski definition) is 5. The Kier molecular flexibility index (Phi) is 9.34. The van der Waals surface area contributed by atoms with Crippen molar-refractivity contribution in [3.05, 3.63) is 69.6 Å². The van der Waals surface area contributed by atoms with Gasteiger partial charge in [-0.05, 0) is 37.3 Å². The van der Waals surface area contributed by atoms with Crippen LogP contribution in [0.2, 0.25) is 0 Å². The van der Waals surface area contributed by atoms with Crippen LogP contribution in [0.5, 0.6) is 0 Å². The van der Waals surface area contributed by atoms with Crippen LogP contribution in [0.15, 0.2) is 59.2 Å². The molecule has 3 atom stereocenters. The van der Waals surface area contributed by atoms with Gasteiger partial charge in [-0.15, -0.1) is 11.3 Å². The van der Waals surface area contributed by atoms with Crippen LogP contribution in [-0.4, -0.2) is 69.2 Å². The molecule has 1 aromatic carbocycles. The number of rotatable bonds is 10. The van der Waals surface area contributed by atoms with Crippen LogP contribution in [-0.2, 0) is 27.3 Å². The van der Waals surface area contributed by atoms with Crippen molar-refractivity contribution < 1.29 is 33.4 Å². The molecule has 1 fully saturated rings. The second-order valence-corrected chi connectivity index (χ2v) is 10.2. The van der Waals surface area contributed by atoms with Gasteiger partial charge >= 0.3 is 0 Å².